The number of hydrogen-bond donors (Lipinski definition) is 0. The van der Waals surface area contributed by atoms with E-state index in [2.05, 4.69) is 0 Å². The standard InChI is InChI=1S/C13H8OS.3C2H6.CH4/c14-13-9-5-1-3-7-11(9)15-12-8-4-2-6-10(12)13;3*1-2;/h1-8H;3*1-2H3;1H4. The van der Waals surface area contributed by atoms with Crippen molar-refractivity contribution in [2.75, 3.05) is 0 Å². The Kier molecular flexibility index (Phi) is 13.4. The third-order valence-corrected chi connectivity index (χ3v) is 3.64. The Morgan fingerprint density at radius 1 is 0.636 bits per heavy atom. The third-order valence-electron chi connectivity index (χ3n) is 2.48. The largest absolute Gasteiger partial charge is 0.289 e. The fourth-order valence-electron chi connectivity index (χ4n) is 1.75. The molecule has 0 spiro atoms. The van der Waals surface area contributed by atoms with Gasteiger partial charge in [-0.15, -0.1) is 11.3 Å². The van der Waals surface area contributed by atoms with Crippen molar-refractivity contribution in [3.63, 3.8) is 0 Å². The molecule has 0 amide bonds. The van der Waals surface area contributed by atoms with Gasteiger partial charge in [0.25, 0.3) is 0 Å². The lowest BCUT2D eigenvalue weighted by Gasteiger charge is -1.99. The summed E-state index contributed by atoms with van der Waals surface area (Å²) in [5, 5.41) is 1.64. The molecule has 2 aromatic carbocycles. The average molecular weight is 319 g/mol. The zero-order chi connectivity index (χ0) is 16.3. The van der Waals surface area contributed by atoms with E-state index in [1.165, 1.54) is 0 Å². The van der Waals surface area contributed by atoms with Crippen molar-refractivity contribution in [2.24, 2.45) is 0 Å². The summed E-state index contributed by atoms with van der Waals surface area (Å²) < 4.78 is 2.11. The van der Waals surface area contributed by atoms with Gasteiger partial charge in [-0.25, -0.2) is 0 Å². The van der Waals surface area contributed by atoms with Gasteiger partial charge in [-0.05, 0) is 24.3 Å². The number of hydrogen-bond acceptors (Lipinski definition) is 2. The minimum atomic E-state index is 0. The Morgan fingerprint density at radius 2 is 0.955 bits per heavy atom. The van der Waals surface area contributed by atoms with Crippen LogP contribution in [-0.4, -0.2) is 0 Å². The molecule has 122 valence electrons. The lowest BCUT2D eigenvalue weighted by Crippen LogP contribution is -1.99. The molecule has 0 bridgehead atoms. The zero-order valence-electron chi connectivity index (χ0n) is 13.9. The van der Waals surface area contributed by atoms with E-state index in [1.54, 1.807) is 11.3 Å². The Bertz CT molecular complexity index is 641. The Morgan fingerprint density at radius 3 is 1.32 bits per heavy atom. The predicted molar refractivity (Wildman–Crippen MR) is 106 cm³/mol. The molecule has 0 N–H and O–H groups in total. The van der Waals surface area contributed by atoms with Crippen molar-refractivity contribution < 1.29 is 0 Å². The van der Waals surface area contributed by atoms with Gasteiger partial charge in [-0.2, -0.15) is 0 Å². The minimum Gasteiger partial charge on any atom is -0.289 e. The number of rotatable bonds is 0. The van der Waals surface area contributed by atoms with Crippen molar-refractivity contribution in [1.82, 2.24) is 0 Å². The van der Waals surface area contributed by atoms with E-state index >= 15 is 0 Å². The molecule has 3 rings (SSSR count). The van der Waals surface area contributed by atoms with E-state index in [0.717, 1.165) is 20.2 Å². The quantitative estimate of drug-likeness (QED) is 0.403. The number of fused-ring (bicyclic) bond motifs is 2. The number of benzene rings is 2. The monoisotopic (exact) mass is 318 g/mol. The van der Waals surface area contributed by atoms with Gasteiger partial charge in [0.15, 0.2) is 5.43 Å². The van der Waals surface area contributed by atoms with Crippen molar-refractivity contribution in [2.45, 2.75) is 49.0 Å². The molecular weight excluding hydrogens is 288 g/mol. The van der Waals surface area contributed by atoms with Crippen LogP contribution in [0.5, 0.6) is 0 Å². The highest BCUT2D eigenvalue weighted by atomic mass is 32.1. The highest BCUT2D eigenvalue weighted by Gasteiger charge is 2.03. The molecule has 2 heteroatoms. The highest BCUT2D eigenvalue weighted by molar-refractivity contribution is 7.24. The summed E-state index contributed by atoms with van der Waals surface area (Å²) in [6, 6.07) is 15.5. The summed E-state index contributed by atoms with van der Waals surface area (Å²) in [5.41, 5.74) is 0.139. The third kappa shape index (κ3) is 5.27. The minimum absolute atomic E-state index is 0. The van der Waals surface area contributed by atoms with E-state index in [9.17, 15) is 4.79 Å². The predicted octanol–water partition coefficient (Wildman–Crippen LogP) is 7.13. The van der Waals surface area contributed by atoms with E-state index in [1.807, 2.05) is 90.1 Å². The maximum Gasteiger partial charge on any atom is 0.195 e. The molecule has 1 nitrogen and oxygen atoms in total. The van der Waals surface area contributed by atoms with Crippen LogP contribution < -0.4 is 5.43 Å². The first-order valence-electron chi connectivity index (χ1n) is 7.77. The van der Waals surface area contributed by atoms with Crippen molar-refractivity contribution in [3.8, 4) is 0 Å². The normalized spacial score (nSPS) is 8.27. The lowest BCUT2D eigenvalue weighted by molar-refractivity contribution is 1.50. The van der Waals surface area contributed by atoms with Crippen molar-refractivity contribution in [1.29, 1.82) is 0 Å². The summed E-state index contributed by atoms with van der Waals surface area (Å²) in [6.07, 6.45) is 0. The second kappa shape index (κ2) is 13.0. The average Bonchev–Trinajstić information content (AvgIpc) is 2.61. The molecule has 1 heterocycles. The molecule has 0 unspecified atom stereocenters. The van der Waals surface area contributed by atoms with Crippen LogP contribution in [0.3, 0.4) is 0 Å². The summed E-state index contributed by atoms with van der Waals surface area (Å²) in [5.74, 6) is 0. The van der Waals surface area contributed by atoms with Gasteiger partial charge in [0.1, 0.15) is 0 Å². The molecule has 22 heavy (non-hydrogen) atoms. The lowest BCUT2D eigenvalue weighted by atomic mass is 10.2. The fraction of sp³-hybridized carbons (Fsp3) is 0.350. The van der Waals surface area contributed by atoms with Crippen LogP contribution in [0.2, 0.25) is 0 Å². The van der Waals surface area contributed by atoms with Crippen LogP contribution in [0.4, 0.5) is 0 Å². The SMILES string of the molecule is C.CC.CC.CC.O=c1c2ccccc2sc2ccccc12. The topological polar surface area (TPSA) is 17.1 Å². The van der Waals surface area contributed by atoms with Crippen LogP contribution in [0.25, 0.3) is 20.2 Å². The Labute approximate surface area is 139 Å². The van der Waals surface area contributed by atoms with Gasteiger partial charge in [-0.3, -0.25) is 4.79 Å². The summed E-state index contributed by atoms with van der Waals surface area (Å²) >= 11 is 1.67. The maximum absolute atomic E-state index is 12.1. The van der Waals surface area contributed by atoms with Crippen molar-refractivity contribution >= 4 is 31.5 Å². The van der Waals surface area contributed by atoms with Gasteiger partial charge in [0.05, 0.1) is 0 Å². The molecule has 0 aliphatic heterocycles. The second-order valence-corrected chi connectivity index (χ2v) is 4.51. The van der Waals surface area contributed by atoms with Crippen molar-refractivity contribution in [3.05, 3.63) is 58.8 Å². The molecule has 0 fully saturated rings. The molecule has 0 saturated carbocycles. The van der Waals surface area contributed by atoms with Gasteiger partial charge in [0.2, 0.25) is 0 Å². The van der Waals surface area contributed by atoms with Gasteiger partial charge in [0, 0.05) is 20.2 Å². The van der Waals surface area contributed by atoms with Gasteiger partial charge < -0.3 is 0 Å². The summed E-state index contributed by atoms with van der Waals surface area (Å²) in [7, 11) is 0. The Balaban J connectivity index is 0. The molecule has 0 saturated heterocycles. The van der Waals surface area contributed by atoms with Crippen LogP contribution in [-0.2, 0) is 0 Å². The molecular formula is C20H30OS. The summed E-state index contributed by atoms with van der Waals surface area (Å²) in [6.45, 7) is 12.0. The first kappa shape index (κ1) is 22.6. The molecule has 3 aromatic rings. The zero-order valence-corrected chi connectivity index (χ0v) is 14.8. The van der Waals surface area contributed by atoms with E-state index in [0.29, 0.717) is 0 Å². The van der Waals surface area contributed by atoms with Crippen LogP contribution in [0, 0.1) is 0 Å². The van der Waals surface area contributed by atoms with Crippen LogP contribution in [0.15, 0.2) is 53.3 Å². The van der Waals surface area contributed by atoms with Gasteiger partial charge in [-0.1, -0.05) is 73.2 Å². The molecule has 0 aliphatic rings. The highest BCUT2D eigenvalue weighted by Crippen LogP contribution is 2.23. The van der Waals surface area contributed by atoms with E-state index in [-0.39, 0.29) is 12.9 Å². The summed E-state index contributed by atoms with van der Waals surface area (Å²) in [4.78, 5) is 12.1. The maximum atomic E-state index is 12.1. The van der Waals surface area contributed by atoms with Crippen LogP contribution in [0.1, 0.15) is 49.0 Å². The Hall–Kier alpha value is -1.67. The molecule has 1 aromatic heterocycles. The molecule has 0 aliphatic carbocycles. The fourth-order valence-corrected chi connectivity index (χ4v) is 2.82. The van der Waals surface area contributed by atoms with E-state index in [4.69, 9.17) is 0 Å². The van der Waals surface area contributed by atoms with E-state index < -0.39 is 0 Å². The van der Waals surface area contributed by atoms with Gasteiger partial charge >= 0.3 is 0 Å². The second-order valence-electron chi connectivity index (χ2n) is 3.42. The first-order valence-corrected chi connectivity index (χ1v) is 8.58. The first-order chi connectivity index (χ1) is 10.4. The molecule has 0 atom stereocenters. The smallest absolute Gasteiger partial charge is 0.195 e. The van der Waals surface area contributed by atoms with Crippen LogP contribution >= 0.6 is 11.3 Å². The molecule has 0 radical (unpaired) electrons.